The van der Waals surface area contributed by atoms with Crippen LogP contribution in [-0.2, 0) is 4.79 Å². The van der Waals surface area contributed by atoms with Gasteiger partial charge in [0, 0.05) is 37.8 Å². The quantitative estimate of drug-likeness (QED) is 0.801. The summed E-state index contributed by atoms with van der Waals surface area (Å²) in [4.78, 5) is 21.5. The zero-order valence-electron chi connectivity index (χ0n) is 15.9. The number of carbonyl (C=O) groups excluding carboxylic acids is 1. The second kappa shape index (κ2) is 8.33. The summed E-state index contributed by atoms with van der Waals surface area (Å²) in [5, 5.41) is 8.05. The first kappa shape index (κ1) is 18.3. The minimum absolute atomic E-state index is 0.177. The van der Waals surface area contributed by atoms with Crippen molar-refractivity contribution >= 4 is 23.4 Å². The zero-order chi connectivity index (χ0) is 18.6. The Balaban J connectivity index is 1.25. The molecule has 0 unspecified atom stereocenters. The van der Waals surface area contributed by atoms with Crippen molar-refractivity contribution in [2.75, 3.05) is 36.8 Å². The third-order valence-corrected chi connectivity index (χ3v) is 6.38. The van der Waals surface area contributed by atoms with Crippen molar-refractivity contribution in [1.82, 2.24) is 20.1 Å². The summed E-state index contributed by atoms with van der Waals surface area (Å²) in [5.74, 6) is 2.11. The van der Waals surface area contributed by atoms with E-state index < -0.39 is 0 Å². The van der Waals surface area contributed by atoms with Crippen LogP contribution < -0.4 is 4.90 Å². The molecule has 0 atom stereocenters. The lowest BCUT2D eigenvalue weighted by Gasteiger charge is -2.36. The molecular weight excluding hydrogens is 358 g/mol. The van der Waals surface area contributed by atoms with Gasteiger partial charge in [-0.2, -0.15) is 0 Å². The number of amides is 1. The number of hydrogen-bond acceptors (Lipinski definition) is 5. The highest BCUT2D eigenvalue weighted by Crippen LogP contribution is 2.32. The van der Waals surface area contributed by atoms with Gasteiger partial charge in [-0.05, 0) is 37.5 Å². The lowest BCUT2D eigenvalue weighted by molar-refractivity contribution is -0.128. The van der Waals surface area contributed by atoms with E-state index >= 15 is 0 Å². The van der Waals surface area contributed by atoms with Crippen LogP contribution in [0.3, 0.4) is 0 Å². The first-order valence-electron chi connectivity index (χ1n) is 9.83. The minimum atomic E-state index is 0.177. The van der Waals surface area contributed by atoms with Gasteiger partial charge in [0.2, 0.25) is 11.1 Å². The molecule has 1 N–H and O–H groups in total. The van der Waals surface area contributed by atoms with Gasteiger partial charge in [0.1, 0.15) is 5.82 Å². The number of carbonyl (C=O) groups is 1. The molecule has 7 heteroatoms. The van der Waals surface area contributed by atoms with Gasteiger partial charge in [0.15, 0.2) is 0 Å². The predicted octanol–water partition coefficient (Wildman–Crippen LogP) is 3.21. The van der Waals surface area contributed by atoms with Crippen LogP contribution in [0.5, 0.6) is 0 Å². The molecule has 2 aromatic rings. The van der Waals surface area contributed by atoms with E-state index in [0.29, 0.717) is 16.8 Å². The Morgan fingerprint density at radius 3 is 2.74 bits per heavy atom. The largest absolute Gasteiger partial charge is 0.368 e. The van der Waals surface area contributed by atoms with Crippen molar-refractivity contribution < 1.29 is 4.79 Å². The molecule has 2 fully saturated rings. The van der Waals surface area contributed by atoms with E-state index in [9.17, 15) is 4.79 Å². The highest BCUT2D eigenvalue weighted by atomic mass is 32.2. The summed E-state index contributed by atoms with van der Waals surface area (Å²) in [5.41, 5.74) is 2.52. The maximum atomic E-state index is 12.6. The molecule has 144 valence electrons. The molecule has 1 aromatic carbocycles. The molecule has 1 aliphatic heterocycles. The van der Waals surface area contributed by atoms with E-state index in [0.717, 1.165) is 32.0 Å². The number of benzene rings is 1. The van der Waals surface area contributed by atoms with E-state index in [1.165, 1.54) is 48.7 Å². The number of nitrogens with zero attached hydrogens (tertiary/aromatic N) is 4. The van der Waals surface area contributed by atoms with Gasteiger partial charge in [-0.15, -0.1) is 5.10 Å². The Hall–Kier alpha value is -2.02. The minimum Gasteiger partial charge on any atom is -0.368 e. The number of aryl methyl sites for hydroxylation is 1. The number of aromatic nitrogens is 3. The molecule has 0 bridgehead atoms. The summed E-state index contributed by atoms with van der Waals surface area (Å²) >= 11 is 1.44. The Labute approximate surface area is 164 Å². The van der Waals surface area contributed by atoms with Crippen molar-refractivity contribution in [2.24, 2.45) is 0 Å². The van der Waals surface area contributed by atoms with E-state index in [-0.39, 0.29) is 5.91 Å². The third-order valence-electron chi connectivity index (χ3n) is 5.55. The van der Waals surface area contributed by atoms with Crippen LogP contribution in [0.25, 0.3) is 0 Å². The Morgan fingerprint density at radius 1 is 1.22 bits per heavy atom. The average Bonchev–Trinajstić information content (AvgIpc) is 3.38. The number of aromatic amines is 1. The second-order valence-corrected chi connectivity index (χ2v) is 8.42. The van der Waals surface area contributed by atoms with Crippen LogP contribution in [0.4, 0.5) is 5.69 Å². The number of nitrogens with one attached hydrogen (secondary N) is 1. The Bertz CT molecular complexity index is 778. The molecule has 0 spiro atoms. The number of rotatable bonds is 5. The summed E-state index contributed by atoms with van der Waals surface area (Å²) in [6.45, 7) is 5.42. The monoisotopic (exact) mass is 385 g/mol. The fraction of sp³-hybridized carbons (Fsp3) is 0.550. The fourth-order valence-corrected chi connectivity index (χ4v) is 4.67. The van der Waals surface area contributed by atoms with Gasteiger partial charge in [-0.25, -0.2) is 4.98 Å². The highest BCUT2D eigenvalue weighted by Gasteiger charge is 2.23. The molecule has 6 nitrogen and oxygen atoms in total. The standard InChI is InChI=1S/C20H27N5OS/c1-15-5-4-8-17(13-15)24-9-11-25(12-10-24)18(26)14-27-20-21-19(22-23-20)16-6-2-3-7-16/h4-5,8,13,16H,2-3,6-7,9-12,14H2,1H3,(H,21,22,23). The van der Waals surface area contributed by atoms with E-state index in [1.807, 2.05) is 4.90 Å². The van der Waals surface area contributed by atoms with Gasteiger partial charge >= 0.3 is 0 Å². The second-order valence-electron chi connectivity index (χ2n) is 7.48. The predicted molar refractivity (Wildman–Crippen MR) is 108 cm³/mol. The van der Waals surface area contributed by atoms with Gasteiger partial charge in [0.05, 0.1) is 5.75 Å². The number of hydrogen-bond donors (Lipinski definition) is 1. The maximum absolute atomic E-state index is 12.6. The molecule has 1 saturated carbocycles. The van der Waals surface area contributed by atoms with Gasteiger partial charge in [0.25, 0.3) is 0 Å². The number of anilines is 1. The lowest BCUT2D eigenvalue weighted by Crippen LogP contribution is -2.49. The topological polar surface area (TPSA) is 65.1 Å². The summed E-state index contributed by atoms with van der Waals surface area (Å²) in [6.07, 6.45) is 4.95. The molecule has 27 heavy (non-hydrogen) atoms. The van der Waals surface area contributed by atoms with Crippen molar-refractivity contribution in [3.63, 3.8) is 0 Å². The van der Waals surface area contributed by atoms with Crippen LogP contribution in [0.1, 0.15) is 43.0 Å². The lowest BCUT2D eigenvalue weighted by atomic mass is 10.1. The molecule has 1 aromatic heterocycles. The average molecular weight is 386 g/mol. The van der Waals surface area contributed by atoms with E-state index in [1.54, 1.807) is 0 Å². The molecular formula is C20H27N5OS. The number of H-pyrrole nitrogens is 1. The van der Waals surface area contributed by atoms with E-state index in [2.05, 4.69) is 51.3 Å². The van der Waals surface area contributed by atoms with Crippen molar-refractivity contribution in [3.05, 3.63) is 35.7 Å². The van der Waals surface area contributed by atoms with Crippen molar-refractivity contribution in [2.45, 2.75) is 43.7 Å². The van der Waals surface area contributed by atoms with Crippen LogP contribution in [0.2, 0.25) is 0 Å². The smallest absolute Gasteiger partial charge is 0.233 e. The van der Waals surface area contributed by atoms with Crippen LogP contribution in [-0.4, -0.2) is 57.9 Å². The summed E-state index contributed by atoms with van der Waals surface area (Å²) < 4.78 is 0. The maximum Gasteiger partial charge on any atom is 0.233 e. The highest BCUT2D eigenvalue weighted by molar-refractivity contribution is 7.99. The van der Waals surface area contributed by atoms with Crippen LogP contribution >= 0.6 is 11.8 Å². The first-order valence-corrected chi connectivity index (χ1v) is 10.8. The number of piperazine rings is 1. The van der Waals surface area contributed by atoms with E-state index in [4.69, 9.17) is 0 Å². The molecule has 2 aliphatic rings. The fourth-order valence-electron chi connectivity index (χ4n) is 3.96. The first-order chi connectivity index (χ1) is 13.2. The molecule has 4 rings (SSSR count). The molecule has 1 aliphatic carbocycles. The SMILES string of the molecule is Cc1cccc(N2CCN(C(=O)CSc3n[nH]c(C4CCCC4)n3)CC2)c1. The Kier molecular flexibility index (Phi) is 5.66. The molecule has 0 radical (unpaired) electrons. The van der Waals surface area contributed by atoms with Crippen molar-refractivity contribution in [3.8, 4) is 0 Å². The van der Waals surface area contributed by atoms with Gasteiger partial charge < -0.3 is 9.80 Å². The normalized spacial score (nSPS) is 18.3. The molecule has 1 saturated heterocycles. The summed E-state index contributed by atoms with van der Waals surface area (Å²) in [7, 11) is 0. The Morgan fingerprint density at radius 2 is 2.00 bits per heavy atom. The van der Waals surface area contributed by atoms with Gasteiger partial charge in [-0.3, -0.25) is 9.89 Å². The molecule has 2 heterocycles. The number of thioether (sulfide) groups is 1. The van der Waals surface area contributed by atoms with Crippen molar-refractivity contribution in [1.29, 1.82) is 0 Å². The third kappa shape index (κ3) is 4.46. The van der Waals surface area contributed by atoms with Crippen LogP contribution in [0.15, 0.2) is 29.4 Å². The summed E-state index contributed by atoms with van der Waals surface area (Å²) in [6, 6.07) is 8.56. The van der Waals surface area contributed by atoms with Gasteiger partial charge in [-0.1, -0.05) is 36.7 Å². The molecule has 1 amide bonds. The zero-order valence-corrected chi connectivity index (χ0v) is 16.7. The van der Waals surface area contributed by atoms with Crippen LogP contribution in [0, 0.1) is 6.92 Å².